The van der Waals surface area contributed by atoms with Gasteiger partial charge in [0.15, 0.2) is 6.10 Å². The Morgan fingerprint density at radius 1 is 0.977 bits per heavy atom. The number of aromatic nitrogens is 2. The summed E-state index contributed by atoms with van der Waals surface area (Å²) in [6.07, 6.45) is 1.83. The predicted molar refractivity (Wildman–Crippen MR) is 170 cm³/mol. The molecule has 44 heavy (non-hydrogen) atoms. The van der Waals surface area contributed by atoms with Crippen molar-refractivity contribution in [3.63, 3.8) is 0 Å². The Kier molecular flexibility index (Phi) is 11.2. The lowest BCUT2D eigenvalue weighted by Gasteiger charge is -2.17. The van der Waals surface area contributed by atoms with E-state index in [2.05, 4.69) is 15.0 Å². The molecule has 0 aliphatic heterocycles. The van der Waals surface area contributed by atoms with Crippen molar-refractivity contribution in [2.24, 2.45) is 0 Å². The van der Waals surface area contributed by atoms with E-state index >= 15 is 0 Å². The van der Waals surface area contributed by atoms with E-state index in [1.807, 2.05) is 60.2 Å². The predicted octanol–water partition coefficient (Wildman–Crippen LogP) is 5.06. The van der Waals surface area contributed by atoms with Crippen LogP contribution in [0.25, 0.3) is 11.1 Å². The van der Waals surface area contributed by atoms with Crippen molar-refractivity contribution in [2.75, 3.05) is 12.9 Å². The van der Waals surface area contributed by atoms with Gasteiger partial charge in [-0.2, -0.15) is 0 Å². The fourth-order valence-corrected chi connectivity index (χ4v) is 6.52. The largest absolute Gasteiger partial charge is 0.464 e. The lowest BCUT2D eigenvalue weighted by atomic mass is 10.0. The van der Waals surface area contributed by atoms with Crippen LogP contribution in [0.1, 0.15) is 49.0 Å². The number of aliphatic hydroxyl groups excluding tert-OH is 1. The Balaban J connectivity index is 1.57. The lowest BCUT2D eigenvalue weighted by Crippen LogP contribution is -2.39. The molecule has 1 unspecified atom stereocenters. The van der Waals surface area contributed by atoms with Crippen LogP contribution in [-0.4, -0.2) is 47.9 Å². The van der Waals surface area contributed by atoms with E-state index in [1.54, 1.807) is 37.3 Å². The molecule has 0 spiro atoms. The summed E-state index contributed by atoms with van der Waals surface area (Å²) in [5, 5.41) is 14.0. The van der Waals surface area contributed by atoms with Crippen molar-refractivity contribution in [3.05, 3.63) is 102 Å². The van der Waals surface area contributed by atoms with E-state index < -0.39 is 28.1 Å². The lowest BCUT2D eigenvalue weighted by molar-refractivity contribution is -0.153. The number of esters is 1. The van der Waals surface area contributed by atoms with Crippen molar-refractivity contribution in [1.82, 2.24) is 19.6 Å². The van der Waals surface area contributed by atoms with Crippen LogP contribution in [0.5, 0.6) is 0 Å². The molecule has 3 N–H and O–H groups in total. The van der Waals surface area contributed by atoms with Gasteiger partial charge < -0.3 is 19.7 Å². The first kappa shape index (κ1) is 32.8. The molecular formula is C32H36N4O6S2. The number of rotatable bonds is 13. The topological polar surface area (TPSA) is 140 Å². The number of nitrogens with zero attached hydrogens (tertiary/aromatic N) is 2. The number of ether oxygens (including phenoxy) is 1. The van der Waals surface area contributed by atoms with Crippen LogP contribution < -0.4 is 10.0 Å². The summed E-state index contributed by atoms with van der Waals surface area (Å²) in [5.74, 6) is 0.00912. The van der Waals surface area contributed by atoms with Gasteiger partial charge in [-0.25, -0.2) is 27.7 Å². The fraction of sp³-hybridized carbons (Fsp3) is 0.281. The van der Waals surface area contributed by atoms with Crippen LogP contribution in [0.4, 0.5) is 4.79 Å². The second-order valence-corrected chi connectivity index (χ2v) is 12.3. The van der Waals surface area contributed by atoms with Gasteiger partial charge in [0.05, 0.1) is 17.2 Å². The fourth-order valence-electron chi connectivity index (χ4n) is 4.73. The minimum Gasteiger partial charge on any atom is -0.464 e. The SMILES string of the molecule is CCCc1nc(SC)c(C(O)C(=O)OCC)n1Cc1ccc(-c2ccccc2S(=O)(=O)NC(=O)NCc2ccccc2)cc1. The van der Waals surface area contributed by atoms with Crippen LogP contribution >= 0.6 is 11.8 Å². The van der Waals surface area contributed by atoms with E-state index in [4.69, 9.17) is 4.74 Å². The molecule has 1 heterocycles. The van der Waals surface area contributed by atoms with Gasteiger partial charge in [0.1, 0.15) is 10.9 Å². The molecule has 0 saturated heterocycles. The van der Waals surface area contributed by atoms with Gasteiger partial charge in [0.25, 0.3) is 10.0 Å². The third kappa shape index (κ3) is 7.87. The molecule has 0 radical (unpaired) electrons. The van der Waals surface area contributed by atoms with Gasteiger partial charge >= 0.3 is 12.0 Å². The Labute approximate surface area is 261 Å². The van der Waals surface area contributed by atoms with Crippen LogP contribution in [0, 0.1) is 0 Å². The third-order valence-electron chi connectivity index (χ3n) is 6.79. The summed E-state index contributed by atoms with van der Waals surface area (Å²) in [5.41, 5.74) is 3.14. The summed E-state index contributed by atoms with van der Waals surface area (Å²) in [6.45, 7) is 4.37. The number of thioether (sulfide) groups is 1. The Morgan fingerprint density at radius 3 is 2.32 bits per heavy atom. The van der Waals surface area contributed by atoms with Crippen LogP contribution in [-0.2, 0) is 39.1 Å². The highest BCUT2D eigenvalue weighted by Crippen LogP contribution is 2.31. The number of amides is 2. The molecule has 3 aromatic carbocycles. The number of carbonyl (C=O) groups is 2. The molecule has 0 fully saturated rings. The van der Waals surface area contributed by atoms with Crippen LogP contribution in [0.2, 0.25) is 0 Å². The van der Waals surface area contributed by atoms with E-state index in [-0.39, 0.29) is 18.0 Å². The number of carbonyl (C=O) groups excluding carboxylic acids is 2. The Morgan fingerprint density at radius 2 is 1.66 bits per heavy atom. The summed E-state index contributed by atoms with van der Waals surface area (Å²) in [7, 11) is -4.19. The quantitative estimate of drug-likeness (QED) is 0.137. The van der Waals surface area contributed by atoms with Crippen LogP contribution in [0.3, 0.4) is 0 Å². The van der Waals surface area contributed by atoms with Crippen molar-refractivity contribution in [1.29, 1.82) is 0 Å². The molecule has 4 aromatic rings. The number of sulfonamides is 1. The second kappa shape index (κ2) is 15.0. The number of hydrogen-bond acceptors (Lipinski definition) is 8. The highest BCUT2D eigenvalue weighted by Gasteiger charge is 2.29. The molecule has 2 amide bonds. The number of urea groups is 1. The highest BCUT2D eigenvalue weighted by molar-refractivity contribution is 7.98. The van der Waals surface area contributed by atoms with Crippen molar-refractivity contribution in [2.45, 2.75) is 55.8 Å². The van der Waals surface area contributed by atoms with Crippen LogP contribution in [0.15, 0.2) is 88.8 Å². The smallest absolute Gasteiger partial charge is 0.341 e. The van der Waals surface area contributed by atoms with Gasteiger partial charge in [0.2, 0.25) is 0 Å². The molecule has 232 valence electrons. The zero-order valence-corrected chi connectivity index (χ0v) is 26.5. The number of imidazole rings is 1. The number of nitrogens with one attached hydrogen (secondary N) is 2. The molecule has 0 saturated carbocycles. The zero-order chi connectivity index (χ0) is 31.7. The number of aliphatic hydroxyl groups is 1. The van der Waals surface area contributed by atoms with Gasteiger partial charge in [-0.1, -0.05) is 79.7 Å². The summed E-state index contributed by atoms with van der Waals surface area (Å²) in [6, 6.07) is 22.1. The van der Waals surface area contributed by atoms with E-state index in [1.165, 1.54) is 17.8 Å². The van der Waals surface area contributed by atoms with Crippen molar-refractivity contribution >= 4 is 33.8 Å². The maximum absolute atomic E-state index is 13.2. The summed E-state index contributed by atoms with van der Waals surface area (Å²) >= 11 is 1.35. The van der Waals surface area contributed by atoms with Gasteiger partial charge in [-0.15, -0.1) is 11.8 Å². The molecule has 10 nitrogen and oxygen atoms in total. The third-order valence-corrected chi connectivity index (χ3v) is 8.87. The molecule has 12 heteroatoms. The highest BCUT2D eigenvalue weighted by atomic mass is 32.2. The first-order chi connectivity index (χ1) is 21.2. The van der Waals surface area contributed by atoms with Crippen molar-refractivity contribution in [3.8, 4) is 11.1 Å². The van der Waals surface area contributed by atoms with E-state index in [0.717, 1.165) is 23.4 Å². The van der Waals surface area contributed by atoms with E-state index in [0.29, 0.717) is 34.8 Å². The minimum absolute atomic E-state index is 0.0353. The van der Waals surface area contributed by atoms with Gasteiger partial charge in [0, 0.05) is 25.1 Å². The minimum atomic E-state index is -4.19. The molecule has 1 atom stereocenters. The average molecular weight is 637 g/mol. The molecule has 0 aliphatic rings. The molecule has 4 rings (SSSR count). The number of benzene rings is 3. The Hall–Kier alpha value is -4.13. The van der Waals surface area contributed by atoms with Gasteiger partial charge in [-0.05, 0) is 42.4 Å². The average Bonchev–Trinajstić information content (AvgIpc) is 3.37. The van der Waals surface area contributed by atoms with E-state index in [9.17, 15) is 23.1 Å². The number of hydrogen-bond donors (Lipinski definition) is 3. The first-order valence-corrected chi connectivity index (χ1v) is 16.9. The first-order valence-electron chi connectivity index (χ1n) is 14.2. The summed E-state index contributed by atoms with van der Waals surface area (Å²) < 4.78 is 35.5. The normalized spacial score (nSPS) is 12.0. The maximum Gasteiger partial charge on any atom is 0.341 e. The second-order valence-electron chi connectivity index (χ2n) is 9.88. The van der Waals surface area contributed by atoms with Gasteiger partial charge in [-0.3, -0.25) is 0 Å². The Bertz CT molecular complexity index is 1690. The molecular weight excluding hydrogens is 601 g/mol. The molecule has 0 aliphatic carbocycles. The standard InChI is InChI=1S/C32H36N4O6S2/c1-4-11-27-34-30(43-3)28(29(37)31(38)42-5-2)36(27)21-23-16-18-24(19-17-23)25-14-9-10-15-26(25)44(40,41)35-32(39)33-20-22-12-7-6-8-13-22/h6-10,12-19,29,37H,4-5,11,20-21H2,1-3H3,(H2,33,35,39). The molecule has 1 aromatic heterocycles. The zero-order valence-electron chi connectivity index (χ0n) is 24.8. The van der Waals surface area contributed by atoms with Crippen molar-refractivity contribution < 1.29 is 27.9 Å². The maximum atomic E-state index is 13.2. The number of aryl methyl sites for hydroxylation is 1. The molecule has 0 bridgehead atoms. The summed E-state index contributed by atoms with van der Waals surface area (Å²) in [4.78, 5) is 29.6. The monoisotopic (exact) mass is 636 g/mol.